The topological polar surface area (TPSA) is 8.81 Å². The third-order valence-corrected chi connectivity index (χ3v) is 10.9. The van der Waals surface area contributed by atoms with Crippen LogP contribution in [0.3, 0.4) is 0 Å². The van der Waals surface area contributed by atoms with Crippen LogP contribution in [-0.4, -0.2) is 4.57 Å². The first-order valence-electron chi connectivity index (χ1n) is 16.7. The number of aryl methyl sites for hydroxylation is 2. The van der Waals surface area contributed by atoms with Crippen molar-refractivity contribution in [2.75, 3.05) is 0 Å². The summed E-state index contributed by atoms with van der Waals surface area (Å²) in [6.45, 7) is 18.7. The fraction of sp³-hybridized carbons (Fsp3) is 0.279. The van der Waals surface area contributed by atoms with Gasteiger partial charge in [-0.25, -0.2) is 4.57 Å². The van der Waals surface area contributed by atoms with Crippen molar-refractivity contribution in [2.45, 2.75) is 72.6 Å². The fourth-order valence-corrected chi connectivity index (χ4v) is 8.47. The fourth-order valence-electron chi connectivity index (χ4n) is 7.23. The molecule has 0 fully saturated rings. The quantitative estimate of drug-likeness (QED) is 0.169. The molecule has 0 amide bonds. The molecular formula is C43H45N2S+. The van der Waals surface area contributed by atoms with Gasteiger partial charge in [0.05, 0.1) is 12.6 Å². The third kappa shape index (κ3) is 4.79. The second-order valence-electron chi connectivity index (χ2n) is 14.6. The standard InChI is InChI=1S/C43H45N2S/c1-26(2)32-24-30(43(6,7)8)25-33(27(3)4)40(32)45-36-21-15-14-20-35(36)44(9)42(45)38-28(5)23-34(29-17-11-10-12-18-29)41-39(38)31-19-13-16-22-37(31)46-41/h10-27H,1-9H3/q+1. The highest BCUT2D eigenvalue weighted by Crippen LogP contribution is 2.48. The monoisotopic (exact) mass is 621 g/mol. The summed E-state index contributed by atoms with van der Waals surface area (Å²) in [5.41, 5.74) is 13.3. The zero-order valence-electron chi connectivity index (χ0n) is 28.7. The molecule has 0 aliphatic rings. The van der Waals surface area contributed by atoms with Crippen LogP contribution < -0.4 is 4.57 Å². The summed E-state index contributed by atoms with van der Waals surface area (Å²) in [5, 5.41) is 2.68. The van der Waals surface area contributed by atoms with E-state index in [4.69, 9.17) is 0 Å². The van der Waals surface area contributed by atoms with Gasteiger partial charge in [0.2, 0.25) is 0 Å². The molecule has 0 saturated carbocycles. The van der Waals surface area contributed by atoms with Gasteiger partial charge in [0.1, 0.15) is 5.69 Å². The Labute approximate surface area is 278 Å². The molecule has 0 atom stereocenters. The minimum Gasteiger partial charge on any atom is -0.225 e. The lowest BCUT2D eigenvalue weighted by atomic mass is 9.81. The summed E-state index contributed by atoms with van der Waals surface area (Å²) >= 11 is 1.92. The first kappa shape index (κ1) is 30.4. The number of imidazole rings is 1. The number of thiophene rings is 1. The molecule has 0 aliphatic carbocycles. The Kier molecular flexibility index (Phi) is 7.44. The molecule has 2 nitrogen and oxygen atoms in total. The molecular weight excluding hydrogens is 577 g/mol. The van der Waals surface area contributed by atoms with Gasteiger partial charge in [-0.2, -0.15) is 4.57 Å². The molecule has 46 heavy (non-hydrogen) atoms. The van der Waals surface area contributed by atoms with Crippen LogP contribution in [-0.2, 0) is 12.5 Å². The maximum atomic E-state index is 2.61. The summed E-state index contributed by atoms with van der Waals surface area (Å²) in [6, 6.07) is 36.2. The van der Waals surface area contributed by atoms with E-state index in [0.717, 1.165) is 0 Å². The van der Waals surface area contributed by atoms with E-state index in [9.17, 15) is 0 Å². The Hall–Kier alpha value is -4.21. The van der Waals surface area contributed by atoms with E-state index in [-0.39, 0.29) is 5.41 Å². The van der Waals surface area contributed by atoms with Crippen molar-refractivity contribution < 1.29 is 4.57 Å². The molecule has 2 aromatic heterocycles. The lowest BCUT2D eigenvalue weighted by molar-refractivity contribution is -0.633. The average molecular weight is 622 g/mol. The van der Waals surface area contributed by atoms with Gasteiger partial charge in [-0.15, -0.1) is 11.3 Å². The van der Waals surface area contributed by atoms with Crippen LogP contribution in [0.15, 0.2) is 97.1 Å². The normalized spacial score (nSPS) is 12.4. The summed E-state index contributed by atoms with van der Waals surface area (Å²) in [4.78, 5) is 0. The Morgan fingerprint density at radius 1 is 0.739 bits per heavy atom. The number of hydrogen-bond donors (Lipinski definition) is 0. The number of benzene rings is 5. The summed E-state index contributed by atoms with van der Waals surface area (Å²) in [5.74, 6) is 1.95. The van der Waals surface area contributed by atoms with Crippen molar-refractivity contribution in [1.82, 2.24) is 4.57 Å². The molecule has 3 heteroatoms. The van der Waals surface area contributed by atoms with Gasteiger partial charge in [-0.1, -0.05) is 121 Å². The lowest BCUT2D eigenvalue weighted by Crippen LogP contribution is -2.31. The largest absolute Gasteiger partial charge is 0.295 e. The van der Waals surface area contributed by atoms with Crippen LogP contribution in [0.4, 0.5) is 0 Å². The molecule has 7 aromatic rings. The lowest BCUT2D eigenvalue weighted by Gasteiger charge is -2.26. The van der Waals surface area contributed by atoms with Gasteiger partial charge < -0.3 is 0 Å². The van der Waals surface area contributed by atoms with Gasteiger partial charge >= 0.3 is 0 Å². The number of hydrogen-bond acceptors (Lipinski definition) is 1. The van der Waals surface area contributed by atoms with E-state index in [2.05, 4.69) is 169 Å². The Morgan fingerprint density at radius 2 is 1.35 bits per heavy atom. The van der Waals surface area contributed by atoms with E-state index < -0.39 is 0 Å². The van der Waals surface area contributed by atoms with E-state index in [1.165, 1.54) is 81.7 Å². The SMILES string of the molecule is Cc1cc(-c2ccccc2)c2sc3ccccc3c2c1-c1n(-c2c(C(C)C)cc(C(C)(C)C)cc2C(C)C)c2ccccc2[n+]1C. The van der Waals surface area contributed by atoms with E-state index >= 15 is 0 Å². The molecule has 0 spiro atoms. The molecule has 0 N–H and O–H groups in total. The van der Waals surface area contributed by atoms with Crippen LogP contribution in [0.2, 0.25) is 0 Å². The number of fused-ring (bicyclic) bond motifs is 4. The Bertz CT molecular complexity index is 2230. The van der Waals surface area contributed by atoms with Crippen molar-refractivity contribution in [3.05, 3.63) is 119 Å². The maximum absolute atomic E-state index is 2.61. The molecule has 0 unspecified atom stereocenters. The van der Waals surface area contributed by atoms with Gasteiger partial charge in [-0.3, -0.25) is 0 Å². The molecule has 7 rings (SSSR count). The number of rotatable bonds is 5. The highest BCUT2D eigenvalue weighted by Gasteiger charge is 2.34. The Morgan fingerprint density at radius 3 is 2.00 bits per heavy atom. The average Bonchev–Trinajstić information content (AvgIpc) is 3.55. The molecule has 5 aromatic carbocycles. The van der Waals surface area contributed by atoms with Crippen molar-refractivity contribution in [1.29, 1.82) is 0 Å². The van der Waals surface area contributed by atoms with Crippen molar-refractivity contribution in [3.63, 3.8) is 0 Å². The number of para-hydroxylation sites is 2. The van der Waals surface area contributed by atoms with Crippen molar-refractivity contribution in [3.8, 4) is 28.2 Å². The third-order valence-electron chi connectivity index (χ3n) is 9.67. The highest BCUT2D eigenvalue weighted by molar-refractivity contribution is 7.26. The molecule has 232 valence electrons. The predicted octanol–water partition coefficient (Wildman–Crippen LogP) is 12.0. The predicted molar refractivity (Wildman–Crippen MR) is 200 cm³/mol. The number of aromatic nitrogens is 2. The zero-order chi connectivity index (χ0) is 32.5. The summed E-state index contributed by atoms with van der Waals surface area (Å²) in [7, 11) is 2.26. The van der Waals surface area contributed by atoms with Crippen LogP contribution >= 0.6 is 11.3 Å². The highest BCUT2D eigenvalue weighted by atomic mass is 32.1. The minimum atomic E-state index is 0.0592. The van der Waals surface area contributed by atoms with Gasteiger partial charge in [0.25, 0.3) is 5.82 Å². The van der Waals surface area contributed by atoms with Gasteiger partial charge in [0.15, 0.2) is 11.0 Å². The van der Waals surface area contributed by atoms with Crippen LogP contribution in [0, 0.1) is 6.92 Å². The van der Waals surface area contributed by atoms with Crippen LogP contribution in [0.25, 0.3) is 59.4 Å². The first-order chi connectivity index (χ1) is 22.0. The molecule has 0 radical (unpaired) electrons. The minimum absolute atomic E-state index is 0.0592. The van der Waals surface area contributed by atoms with Gasteiger partial charge in [-0.05, 0) is 70.7 Å². The summed E-state index contributed by atoms with van der Waals surface area (Å²) < 4.78 is 7.73. The number of nitrogens with zero attached hydrogens (tertiary/aromatic N) is 2. The smallest absolute Gasteiger partial charge is 0.225 e. The van der Waals surface area contributed by atoms with Crippen molar-refractivity contribution >= 4 is 42.5 Å². The van der Waals surface area contributed by atoms with E-state index in [1.807, 2.05) is 11.3 Å². The molecule has 0 saturated heterocycles. The molecule has 2 heterocycles. The second kappa shape index (κ2) is 11.2. The van der Waals surface area contributed by atoms with Crippen LogP contribution in [0.5, 0.6) is 0 Å². The van der Waals surface area contributed by atoms with Crippen LogP contribution in [0.1, 0.15) is 82.6 Å². The first-order valence-corrected chi connectivity index (χ1v) is 17.5. The van der Waals surface area contributed by atoms with E-state index in [0.29, 0.717) is 11.8 Å². The van der Waals surface area contributed by atoms with Crippen molar-refractivity contribution in [2.24, 2.45) is 7.05 Å². The zero-order valence-corrected chi connectivity index (χ0v) is 29.5. The van der Waals surface area contributed by atoms with Gasteiger partial charge in [0, 0.05) is 31.3 Å². The van der Waals surface area contributed by atoms with E-state index in [1.54, 1.807) is 0 Å². The maximum Gasteiger partial charge on any atom is 0.295 e. The second-order valence-corrected chi connectivity index (χ2v) is 15.6. The molecule has 0 bridgehead atoms. The Balaban J connectivity index is 1.70. The molecule has 0 aliphatic heterocycles. The summed E-state index contributed by atoms with van der Waals surface area (Å²) in [6.07, 6.45) is 0.